The Balaban J connectivity index is 3.37. The van der Waals surface area contributed by atoms with Gasteiger partial charge in [-0.25, -0.2) is 0 Å². The van der Waals surface area contributed by atoms with Crippen molar-refractivity contribution in [3.8, 4) is 0 Å². The van der Waals surface area contributed by atoms with E-state index in [-0.39, 0.29) is 11.8 Å². The van der Waals surface area contributed by atoms with E-state index in [0.717, 1.165) is 5.57 Å². The van der Waals surface area contributed by atoms with Crippen LogP contribution in [0.3, 0.4) is 0 Å². The van der Waals surface area contributed by atoms with Gasteiger partial charge in [0.25, 0.3) is 8.32 Å². The van der Waals surface area contributed by atoms with Crippen LogP contribution in [-0.4, -0.2) is 20.1 Å². The quantitative estimate of drug-likeness (QED) is 0.265. The van der Waals surface area contributed by atoms with Crippen LogP contribution in [0.4, 0.5) is 0 Å². The molecular formula is C24H42O4Si. The summed E-state index contributed by atoms with van der Waals surface area (Å²) in [5, 5.41) is 0. The van der Waals surface area contributed by atoms with Crippen LogP contribution in [-0.2, 0) is 18.8 Å². The predicted octanol–water partition coefficient (Wildman–Crippen LogP) is 6.92. The third-order valence-electron chi connectivity index (χ3n) is 6.42. The van der Waals surface area contributed by atoms with Crippen LogP contribution in [0.5, 0.6) is 0 Å². The molecule has 0 atom stereocenters. The number of esters is 1. The largest absolute Gasteiger partial charge is 0.548 e. The zero-order valence-electron chi connectivity index (χ0n) is 20.6. The number of ketones is 1. The Labute approximate surface area is 179 Å². The number of allylic oxidation sites excluding steroid dienone is 2. The number of Topliss-reactive ketones (excluding diaryl/α,β-unsaturated/α-hetero) is 1. The van der Waals surface area contributed by atoms with E-state index in [1.165, 1.54) is 0 Å². The van der Waals surface area contributed by atoms with Gasteiger partial charge >= 0.3 is 5.97 Å². The van der Waals surface area contributed by atoms with Crippen molar-refractivity contribution < 1.29 is 18.8 Å². The number of carbonyl (C=O) groups excluding carboxylic acids is 2. The third kappa shape index (κ3) is 5.04. The molecule has 5 heteroatoms. The Morgan fingerprint density at radius 3 is 1.86 bits per heavy atom. The van der Waals surface area contributed by atoms with Gasteiger partial charge in [-0.15, -0.1) is 0 Å². The van der Waals surface area contributed by atoms with Gasteiger partial charge in [-0.3, -0.25) is 9.59 Å². The summed E-state index contributed by atoms with van der Waals surface area (Å²) in [4.78, 5) is 25.5. The van der Waals surface area contributed by atoms with Crippen molar-refractivity contribution in [2.45, 2.75) is 106 Å². The molecule has 0 amide bonds. The highest BCUT2D eigenvalue weighted by Crippen LogP contribution is 2.45. The van der Waals surface area contributed by atoms with E-state index in [2.05, 4.69) is 41.5 Å². The van der Waals surface area contributed by atoms with Gasteiger partial charge in [0, 0.05) is 12.0 Å². The zero-order chi connectivity index (χ0) is 22.9. The minimum absolute atomic E-state index is 0.0128. The summed E-state index contributed by atoms with van der Waals surface area (Å²) in [5.74, 6) is 0.117. The first kappa shape index (κ1) is 25.7. The number of ether oxygens (including phenoxy) is 1. The molecule has 0 aromatic rings. The van der Waals surface area contributed by atoms with Crippen LogP contribution in [0, 0.1) is 10.8 Å². The summed E-state index contributed by atoms with van der Waals surface area (Å²) in [5.41, 5.74) is 1.44. The van der Waals surface area contributed by atoms with Crippen LogP contribution in [0.1, 0.15) is 89.5 Å². The van der Waals surface area contributed by atoms with E-state index < -0.39 is 19.1 Å². The maximum atomic E-state index is 13.1. The van der Waals surface area contributed by atoms with E-state index in [1.54, 1.807) is 6.92 Å². The molecule has 0 saturated heterocycles. The molecule has 0 aromatic carbocycles. The lowest BCUT2D eigenvalue weighted by Crippen LogP contribution is -2.46. The van der Waals surface area contributed by atoms with Gasteiger partial charge in [-0.05, 0) is 63.7 Å². The summed E-state index contributed by atoms with van der Waals surface area (Å²) in [6.45, 7) is 24.5. The number of carbonyl (C=O) groups is 2. The third-order valence-corrected chi connectivity index (χ3v) is 12.4. The second-order valence-corrected chi connectivity index (χ2v) is 16.3. The lowest BCUT2D eigenvalue weighted by molar-refractivity contribution is -0.149. The first-order valence-electron chi connectivity index (χ1n) is 10.8. The first-order chi connectivity index (χ1) is 13.0. The predicted molar refractivity (Wildman–Crippen MR) is 122 cm³/mol. The molecular weight excluding hydrogens is 380 g/mol. The van der Waals surface area contributed by atoms with E-state index >= 15 is 0 Å². The number of hydrogen-bond acceptors (Lipinski definition) is 4. The Morgan fingerprint density at radius 1 is 1.03 bits per heavy atom. The van der Waals surface area contributed by atoms with Gasteiger partial charge < -0.3 is 9.16 Å². The van der Waals surface area contributed by atoms with Gasteiger partial charge in [0.15, 0.2) is 5.78 Å². The smallest absolute Gasteiger partial charge is 0.316 e. The second kappa shape index (κ2) is 8.79. The number of rotatable bonds is 6. The molecule has 1 aliphatic carbocycles. The second-order valence-electron chi connectivity index (χ2n) is 10.9. The monoisotopic (exact) mass is 422 g/mol. The van der Waals surface area contributed by atoms with E-state index in [9.17, 15) is 9.59 Å². The van der Waals surface area contributed by atoms with Gasteiger partial charge in [-0.1, -0.05) is 41.5 Å². The fourth-order valence-corrected chi connectivity index (χ4v) is 9.58. The average molecular weight is 423 g/mol. The first-order valence-corrected chi connectivity index (χ1v) is 13.0. The van der Waals surface area contributed by atoms with Crippen LogP contribution >= 0.6 is 0 Å². The van der Waals surface area contributed by atoms with Crippen LogP contribution in [0.2, 0.25) is 16.6 Å². The Bertz CT molecular complexity index is 681. The Kier molecular flexibility index (Phi) is 7.78. The molecule has 0 saturated carbocycles. The molecule has 0 fully saturated rings. The summed E-state index contributed by atoms with van der Waals surface area (Å²) < 4.78 is 12.3. The van der Waals surface area contributed by atoms with Crippen molar-refractivity contribution in [3.05, 3.63) is 23.2 Å². The van der Waals surface area contributed by atoms with Crippen molar-refractivity contribution >= 4 is 20.1 Å². The molecule has 0 aromatic heterocycles. The maximum Gasteiger partial charge on any atom is 0.316 e. The molecule has 0 N–H and O–H groups in total. The van der Waals surface area contributed by atoms with Gasteiger partial charge in [0.05, 0.1) is 17.1 Å². The molecule has 0 aliphatic heterocycles. The summed E-state index contributed by atoms with van der Waals surface area (Å²) in [6.07, 6.45) is 2.26. The summed E-state index contributed by atoms with van der Waals surface area (Å²) >= 11 is 0. The lowest BCUT2D eigenvalue weighted by atomic mass is 9.72. The molecule has 1 rings (SSSR count). The summed E-state index contributed by atoms with van der Waals surface area (Å²) in [7, 11) is -2.11. The molecule has 0 radical (unpaired) electrons. The fourth-order valence-electron chi connectivity index (χ4n) is 4.42. The normalized spacial score (nSPS) is 19.6. The van der Waals surface area contributed by atoms with Crippen LogP contribution in [0.15, 0.2) is 23.2 Å². The minimum atomic E-state index is -2.11. The van der Waals surface area contributed by atoms with Crippen molar-refractivity contribution in [1.82, 2.24) is 0 Å². The molecule has 166 valence electrons. The fraction of sp³-hybridized carbons (Fsp3) is 0.750. The minimum Gasteiger partial charge on any atom is -0.548 e. The molecule has 29 heavy (non-hydrogen) atoms. The van der Waals surface area contributed by atoms with Crippen molar-refractivity contribution in [1.29, 1.82) is 0 Å². The molecule has 0 unspecified atom stereocenters. The van der Waals surface area contributed by atoms with Gasteiger partial charge in [-0.2, -0.15) is 0 Å². The van der Waals surface area contributed by atoms with Crippen molar-refractivity contribution in [2.75, 3.05) is 0 Å². The Morgan fingerprint density at radius 2 is 1.48 bits per heavy atom. The van der Waals surface area contributed by atoms with E-state index in [4.69, 9.17) is 9.16 Å². The zero-order valence-corrected chi connectivity index (χ0v) is 21.6. The SMILES string of the molecule is CC1=C(OC(=O)C(C)(C)C)C/C(=C/O[Si](C(C)C)(C(C)C)C(C)C)C(C)(C)C1=O. The van der Waals surface area contributed by atoms with E-state index in [1.807, 2.05) is 40.9 Å². The topological polar surface area (TPSA) is 52.6 Å². The molecule has 0 bridgehead atoms. The molecule has 0 spiro atoms. The van der Waals surface area contributed by atoms with Crippen molar-refractivity contribution in [3.63, 3.8) is 0 Å². The van der Waals surface area contributed by atoms with Gasteiger partial charge in [0.2, 0.25) is 0 Å². The van der Waals surface area contributed by atoms with Gasteiger partial charge in [0.1, 0.15) is 5.76 Å². The number of hydrogen-bond donors (Lipinski definition) is 0. The van der Waals surface area contributed by atoms with Crippen LogP contribution in [0.25, 0.3) is 0 Å². The lowest BCUT2D eigenvalue weighted by Gasteiger charge is -2.42. The highest BCUT2D eigenvalue weighted by Gasteiger charge is 2.47. The molecule has 4 nitrogen and oxygen atoms in total. The highest BCUT2D eigenvalue weighted by molar-refractivity contribution is 6.77. The Hall–Kier alpha value is -1.36. The molecule has 1 aliphatic rings. The highest BCUT2D eigenvalue weighted by atomic mass is 28.4. The maximum absolute atomic E-state index is 13.1. The average Bonchev–Trinajstić information content (AvgIpc) is 2.55. The summed E-state index contributed by atoms with van der Waals surface area (Å²) in [6, 6.07) is 0. The molecule has 0 heterocycles. The van der Waals surface area contributed by atoms with E-state index in [0.29, 0.717) is 34.4 Å². The standard InChI is InChI=1S/C24H42O4Si/c1-15(2)29(16(3)4,17(5)6)27-14-19-13-20(28-22(26)23(8,9)10)18(7)21(25)24(19,11)12/h14-17H,13H2,1-12H3/b19-14-. The van der Waals surface area contributed by atoms with Crippen LogP contribution < -0.4 is 0 Å². The van der Waals surface area contributed by atoms with Crippen molar-refractivity contribution in [2.24, 2.45) is 10.8 Å².